The monoisotopic (exact) mass is 439 g/mol. The van der Waals surface area contributed by atoms with E-state index in [1.54, 1.807) is 12.1 Å². The Morgan fingerprint density at radius 2 is 1.81 bits per heavy atom. The SMILES string of the molecule is C[C@H](Cc1ccccc1-c1ccc(OCC(=O)O)cc1)N[C@@H](CO)c1cccc(Cl)c1. The molecule has 0 aromatic heterocycles. The minimum atomic E-state index is -1.00. The Balaban J connectivity index is 1.72. The normalized spacial score (nSPS) is 12.9. The second-order valence-corrected chi connectivity index (χ2v) is 7.86. The zero-order valence-electron chi connectivity index (χ0n) is 17.3. The summed E-state index contributed by atoms with van der Waals surface area (Å²) < 4.78 is 5.22. The van der Waals surface area contributed by atoms with E-state index in [4.69, 9.17) is 21.4 Å². The second kappa shape index (κ2) is 11.0. The van der Waals surface area contributed by atoms with Gasteiger partial charge in [0.2, 0.25) is 0 Å². The Kier molecular flexibility index (Phi) is 8.06. The van der Waals surface area contributed by atoms with Crippen LogP contribution in [0, 0.1) is 0 Å². The van der Waals surface area contributed by atoms with Gasteiger partial charge in [0.25, 0.3) is 0 Å². The number of carboxylic acid groups (broad SMARTS) is 1. The van der Waals surface area contributed by atoms with Gasteiger partial charge in [0.05, 0.1) is 12.6 Å². The summed E-state index contributed by atoms with van der Waals surface area (Å²) in [4.78, 5) is 10.7. The molecule has 0 spiro atoms. The van der Waals surface area contributed by atoms with Crippen molar-refractivity contribution >= 4 is 17.6 Å². The molecule has 3 aromatic carbocycles. The van der Waals surface area contributed by atoms with Crippen molar-refractivity contribution in [1.29, 1.82) is 0 Å². The maximum absolute atomic E-state index is 10.7. The van der Waals surface area contributed by atoms with E-state index in [9.17, 15) is 9.90 Å². The molecule has 2 atom stereocenters. The first-order valence-electron chi connectivity index (χ1n) is 10.1. The maximum atomic E-state index is 10.7. The van der Waals surface area contributed by atoms with Crippen LogP contribution in [0.15, 0.2) is 72.8 Å². The fourth-order valence-corrected chi connectivity index (χ4v) is 3.76. The number of aliphatic carboxylic acids is 1. The summed E-state index contributed by atoms with van der Waals surface area (Å²) in [5, 5.41) is 22.7. The molecule has 3 aromatic rings. The first-order valence-corrected chi connectivity index (χ1v) is 10.5. The number of carboxylic acids is 1. The van der Waals surface area contributed by atoms with E-state index >= 15 is 0 Å². The molecule has 0 amide bonds. The van der Waals surface area contributed by atoms with Gasteiger partial charge in [-0.2, -0.15) is 0 Å². The molecule has 0 saturated carbocycles. The van der Waals surface area contributed by atoms with Gasteiger partial charge < -0.3 is 20.3 Å². The van der Waals surface area contributed by atoms with Crippen LogP contribution >= 0.6 is 11.6 Å². The molecule has 3 N–H and O–H groups in total. The summed E-state index contributed by atoms with van der Waals surface area (Å²) in [6, 6.07) is 23.0. The lowest BCUT2D eigenvalue weighted by Crippen LogP contribution is -2.34. The van der Waals surface area contributed by atoms with Crippen molar-refractivity contribution in [2.24, 2.45) is 0 Å². The Labute approximate surface area is 187 Å². The zero-order valence-corrected chi connectivity index (χ0v) is 18.0. The van der Waals surface area contributed by atoms with Crippen LogP contribution in [-0.4, -0.2) is 35.4 Å². The topological polar surface area (TPSA) is 78.8 Å². The van der Waals surface area contributed by atoms with Crippen LogP contribution in [0.25, 0.3) is 11.1 Å². The van der Waals surface area contributed by atoms with E-state index in [0.717, 1.165) is 23.1 Å². The Hall–Kier alpha value is -2.86. The average molecular weight is 440 g/mol. The van der Waals surface area contributed by atoms with Gasteiger partial charge in [0, 0.05) is 11.1 Å². The van der Waals surface area contributed by atoms with Gasteiger partial charge in [-0.05, 0) is 59.9 Å². The molecular formula is C25H26ClNO4. The van der Waals surface area contributed by atoms with Crippen LogP contribution in [0.4, 0.5) is 0 Å². The predicted molar refractivity (Wildman–Crippen MR) is 123 cm³/mol. The summed E-state index contributed by atoms with van der Waals surface area (Å²) >= 11 is 6.10. The molecule has 0 aliphatic carbocycles. The molecule has 0 aliphatic heterocycles. The van der Waals surface area contributed by atoms with Crippen molar-refractivity contribution in [3.05, 3.63) is 88.9 Å². The quantitative estimate of drug-likeness (QED) is 0.426. The standard InChI is InChI=1S/C25H26ClNO4/c1-17(27-24(15-28)20-6-4-7-21(26)14-20)13-19-5-2-3-8-23(19)18-9-11-22(12-10-18)31-16-25(29)30/h2-12,14,17,24,27-28H,13,15-16H2,1H3,(H,29,30)/t17-,24+/m1/s1. The van der Waals surface area contributed by atoms with Gasteiger partial charge in [-0.3, -0.25) is 0 Å². The van der Waals surface area contributed by atoms with Crippen molar-refractivity contribution in [3.63, 3.8) is 0 Å². The average Bonchev–Trinajstić information content (AvgIpc) is 2.77. The number of halogens is 1. The van der Waals surface area contributed by atoms with Crippen LogP contribution in [0.1, 0.15) is 24.1 Å². The summed E-state index contributed by atoms with van der Waals surface area (Å²) in [6.07, 6.45) is 0.768. The highest BCUT2D eigenvalue weighted by molar-refractivity contribution is 6.30. The summed E-state index contributed by atoms with van der Waals surface area (Å²) in [5.74, 6) is -0.485. The molecule has 0 unspecified atom stereocenters. The molecule has 6 heteroatoms. The molecule has 0 heterocycles. The second-order valence-electron chi connectivity index (χ2n) is 7.43. The number of aliphatic hydroxyl groups is 1. The van der Waals surface area contributed by atoms with E-state index in [2.05, 4.69) is 24.4 Å². The van der Waals surface area contributed by atoms with E-state index in [1.165, 1.54) is 5.56 Å². The number of nitrogens with one attached hydrogen (secondary N) is 1. The number of aliphatic hydroxyl groups excluding tert-OH is 1. The van der Waals surface area contributed by atoms with Gasteiger partial charge in [-0.15, -0.1) is 0 Å². The van der Waals surface area contributed by atoms with Crippen LogP contribution < -0.4 is 10.1 Å². The fraction of sp³-hybridized carbons (Fsp3) is 0.240. The fourth-order valence-electron chi connectivity index (χ4n) is 3.57. The van der Waals surface area contributed by atoms with Crippen LogP contribution in [0.3, 0.4) is 0 Å². The van der Waals surface area contributed by atoms with Crippen molar-refractivity contribution < 1.29 is 19.7 Å². The molecule has 0 saturated heterocycles. The van der Waals surface area contributed by atoms with Crippen molar-refractivity contribution in [2.75, 3.05) is 13.2 Å². The highest BCUT2D eigenvalue weighted by Crippen LogP contribution is 2.27. The van der Waals surface area contributed by atoms with Gasteiger partial charge in [0.1, 0.15) is 5.75 Å². The molecule has 31 heavy (non-hydrogen) atoms. The van der Waals surface area contributed by atoms with Gasteiger partial charge >= 0.3 is 5.97 Å². The maximum Gasteiger partial charge on any atom is 0.341 e. The molecule has 0 fully saturated rings. The highest BCUT2D eigenvalue weighted by atomic mass is 35.5. The molecule has 5 nitrogen and oxygen atoms in total. The highest BCUT2D eigenvalue weighted by Gasteiger charge is 2.16. The first-order chi connectivity index (χ1) is 15.0. The number of carbonyl (C=O) groups is 1. The third kappa shape index (κ3) is 6.56. The summed E-state index contributed by atoms with van der Waals surface area (Å²) in [6.45, 7) is 1.70. The minimum absolute atomic E-state index is 0.0237. The molecule has 0 bridgehead atoms. The molecule has 162 valence electrons. The van der Waals surface area contributed by atoms with Gasteiger partial charge in [-0.25, -0.2) is 4.79 Å². The molecule has 3 rings (SSSR count). The van der Waals surface area contributed by atoms with E-state index in [0.29, 0.717) is 10.8 Å². The van der Waals surface area contributed by atoms with E-state index in [1.807, 2.05) is 48.5 Å². The molecular weight excluding hydrogens is 414 g/mol. The smallest absolute Gasteiger partial charge is 0.341 e. The number of benzene rings is 3. The third-order valence-corrected chi connectivity index (χ3v) is 5.23. The lowest BCUT2D eigenvalue weighted by Gasteiger charge is -2.23. The largest absolute Gasteiger partial charge is 0.482 e. The minimum Gasteiger partial charge on any atom is -0.482 e. The Morgan fingerprint density at radius 1 is 1.06 bits per heavy atom. The molecule has 0 radical (unpaired) electrons. The van der Waals surface area contributed by atoms with Gasteiger partial charge in [-0.1, -0.05) is 60.1 Å². The lowest BCUT2D eigenvalue weighted by molar-refractivity contribution is -0.139. The third-order valence-electron chi connectivity index (χ3n) is 4.99. The van der Waals surface area contributed by atoms with Crippen molar-refractivity contribution in [2.45, 2.75) is 25.4 Å². The molecule has 0 aliphatic rings. The van der Waals surface area contributed by atoms with Gasteiger partial charge in [0.15, 0.2) is 6.61 Å². The van der Waals surface area contributed by atoms with E-state index in [-0.39, 0.29) is 25.3 Å². The number of rotatable bonds is 10. The predicted octanol–water partition coefficient (Wildman–Crippen LogP) is 4.72. The Bertz CT molecular complexity index is 1010. The number of ether oxygens (including phenoxy) is 1. The van der Waals surface area contributed by atoms with Crippen LogP contribution in [0.2, 0.25) is 5.02 Å². The van der Waals surface area contributed by atoms with Crippen LogP contribution in [-0.2, 0) is 11.2 Å². The first kappa shape index (κ1) is 22.8. The number of hydrogen-bond donors (Lipinski definition) is 3. The number of hydrogen-bond acceptors (Lipinski definition) is 4. The van der Waals surface area contributed by atoms with Crippen LogP contribution in [0.5, 0.6) is 5.75 Å². The van der Waals surface area contributed by atoms with E-state index < -0.39 is 5.97 Å². The van der Waals surface area contributed by atoms with Crippen molar-refractivity contribution in [3.8, 4) is 16.9 Å². The Morgan fingerprint density at radius 3 is 2.48 bits per heavy atom. The lowest BCUT2D eigenvalue weighted by atomic mass is 9.95. The van der Waals surface area contributed by atoms with Crippen molar-refractivity contribution in [1.82, 2.24) is 5.32 Å². The summed E-state index contributed by atoms with van der Waals surface area (Å²) in [7, 11) is 0. The zero-order chi connectivity index (χ0) is 22.2. The summed E-state index contributed by atoms with van der Waals surface area (Å²) in [5.41, 5.74) is 4.25.